The summed E-state index contributed by atoms with van der Waals surface area (Å²) in [7, 11) is 3.11. The molecule has 2 aliphatic rings. The third-order valence-electron chi connectivity index (χ3n) is 7.00. The van der Waals surface area contributed by atoms with E-state index in [0.717, 1.165) is 11.3 Å². The molecule has 1 aliphatic heterocycles. The normalized spacial score (nSPS) is 19.8. The van der Waals surface area contributed by atoms with Crippen LogP contribution in [0.1, 0.15) is 23.5 Å². The van der Waals surface area contributed by atoms with Crippen LogP contribution in [0.3, 0.4) is 0 Å². The summed E-state index contributed by atoms with van der Waals surface area (Å²) in [5.41, 5.74) is 2.54. The summed E-state index contributed by atoms with van der Waals surface area (Å²) in [5.74, 6) is 1.72. The van der Waals surface area contributed by atoms with E-state index in [4.69, 9.17) is 9.47 Å². The molecule has 1 fully saturated rings. The number of β-amino-alcohol motifs (C(OH)–C–C–N with tert-alkyl or cyclic N) is 1. The highest BCUT2D eigenvalue weighted by Gasteiger charge is 2.31. The van der Waals surface area contributed by atoms with Gasteiger partial charge in [-0.25, -0.2) is 9.97 Å². The van der Waals surface area contributed by atoms with Crippen molar-refractivity contribution in [3.63, 3.8) is 0 Å². The van der Waals surface area contributed by atoms with E-state index in [0.29, 0.717) is 87.3 Å². The molecule has 3 aromatic heterocycles. The van der Waals surface area contributed by atoms with Gasteiger partial charge in [0.25, 0.3) is 5.56 Å². The summed E-state index contributed by atoms with van der Waals surface area (Å²) >= 11 is 0. The van der Waals surface area contributed by atoms with Crippen molar-refractivity contribution in [2.24, 2.45) is 5.92 Å². The van der Waals surface area contributed by atoms with Crippen molar-refractivity contribution >= 4 is 16.9 Å². The number of carbonyl (C=O) groups is 1. The van der Waals surface area contributed by atoms with Crippen LogP contribution in [0.5, 0.6) is 11.8 Å². The molecule has 0 radical (unpaired) electrons. The zero-order valence-electron chi connectivity index (χ0n) is 21.0. The first-order valence-corrected chi connectivity index (χ1v) is 12.4. The molecule has 0 saturated carbocycles. The summed E-state index contributed by atoms with van der Waals surface area (Å²) in [5, 5.41) is 14.0. The Labute approximate surface area is 213 Å². The van der Waals surface area contributed by atoms with Crippen LogP contribution in [0.15, 0.2) is 23.1 Å². The van der Waals surface area contributed by atoms with Gasteiger partial charge in [-0.1, -0.05) is 0 Å². The molecule has 1 aliphatic carbocycles. The quantitative estimate of drug-likeness (QED) is 0.393. The van der Waals surface area contributed by atoms with Crippen molar-refractivity contribution in [1.29, 1.82) is 0 Å². The highest BCUT2D eigenvalue weighted by molar-refractivity contribution is 5.83. The fraction of sp³-hybridized carbons (Fsp3) is 0.520. The number of nitrogens with zero attached hydrogens (tertiary/aromatic N) is 6. The van der Waals surface area contributed by atoms with Gasteiger partial charge in [0.15, 0.2) is 5.65 Å². The number of rotatable bonds is 9. The number of aromatic nitrogens is 5. The van der Waals surface area contributed by atoms with E-state index < -0.39 is 6.10 Å². The molecule has 2 N–H and O–H groups in total. The van der Waals surface area contributed by atoms with E-state index in [1.165, 1.54) is 13.3 Å². The number of aliphatic hydroxyl groups is 1. The van der Waals surface area contributed by atoms with Gasteiger partial charge in [0.2, 0.25) is 11.8 Å². The van der Waals surface area contributed by atoms with Crippen molar-refractivity contribution < 1.29 is 19.4 Å². The third-order valence-corrected chi connectivity index (χ3v) is 7.00. The minimum absolute atomic E-state index is 0.0187. The number of carbonyl (C=O) groups excluding carboxylic acids is 1. The van der Waals surface area contributed by atoms with Gasteiger partial charge < -0.3 is 19.9 Å². The molecule has 12 heteroatoms. The Morgan fingerprint density at radius 1 is 1.08 bits per heavy atom. The van der Waals surface area contributed by atoms with E-state index >= 15 is 0 Å². The predicted molar refractivity (Wildman–Crippen MR) is 134 cm³/mol. The molecule has 196 valence electrons. The van der Waals surface area contributed by atoms with Crippen LogP contribution in [0.2, 0.25) is 0 Å². The van der Waals surface area contributed by atoms with Crippen LogP contribution in [-0.2, 0) is 30.7 Å². The first kappa shape index (κ1) is 25.2. The number of nitrogens with one attached hydrogen (secondary N) is 1. The number of fused-ring (bicyclic) bond motifs is 2. The van der Waals surface area contributed by atoms with Gasteiger partial charge in [0.1, 0.15) is 17.1 Å². The van der Waals surface area contributed by atoms with Crippen LogP contribution in [0.4, 0.5) is 0 Å². The molecule has 2 atom stereocenters. The average molecular weight is 510 g/mol. The fourth-order valence-electron chi connectivity index (χ4n) is 5.03. The van der Waals surface area contributed by atoms with E-state index in [1.807, 2.05) is 0 Å². The lowest BCUT2D eigenvalue weighted by molar-refractivity contribution is -0.118. The second-order valence-corrected chi connectivity index (χ2v) is 9.45. The summed E-state index contributed by atoms with van der Waals surface area (Å²) in [4.78, 5) is 44.2. The lowest BCUT2D eigenvalue weighted by atomic mass is 9.96. The largest absolute Gasteiger partial charge is 0.481 e. The monoisotopic (exact) mass is 509 g/mol. The van der Waals surface area contributed by atoms with Crippen LogP contribution in [-0.4, -0.2) is 86.8 Å². The van der Waals surface area contributed by atoms with Crippen LogP contribution >= 0.6 is 0 Å². The zero-order valence-corrected chi connectivity index (χ0v) is 21.0. The Bertz CT molecular complexity index is 1360. The zero-order chi connectivity index (χ0) is 25.9. The SMILES string of the molecule is COc1ccc2ncc(=O)n(CCN3C[C@H](CNCc4nc5c(c(OC)n4)CCC(=O)C5)[C@H](O)C3)c2n1. The van der Waals surface area contributed by atoms with Gasteiger partial charge in [0.05, 0.1) is 38.8 Å². The molecule has 0 unspecified atom stereocenters. The minimum atomic E-state index is -0.492. The maximum atomic E-state index is 12.5. The van der Waals surface area contributed by atoms with Crippen LogP contribution in [0.25, 0.3) is 11.2 Å². The standard InChI is InChI=1S/C25H31N7O5/c1-36-22-6-5-18-24(30-22)32(23(35)12-27-18)8-7-31-13-15(20(34)14-31)10-26-11-21-28-19-9-16(33)3-4-17(19)25(29-21)37-2/h5-6,12,15,20,26,34H,3-4,7-11,13-14H2,1-2H3/t15-,20+/m0/s1. The van der Waals surface area contributed by atoms with Gasteiger partial charge in [-0.2, -0.15) is 9.97 Å². The smallest absolute Gasteiger partial charge is 0.270 e. The maximum Gasteiger partial charge on any atom is 0.270 e. The Balaban J connectivity index is 1.18. The third kappa shape index (κ3) is 5.45. The summed E-state index contributed by atoms with van der Waals surface area (Å²) in [6.45, 7) is 3.21. The Morgan fingerprint density at radius 3 is 2.76 bits per heavy atom. The highest BCUT2D eigenvalue weighted by atomic mass is 16.5. The molecule has 0 aromatic carbocycles. The van der Waals surface area contributed by atoms with E-state index in [2.05, 4.69) is 30.2 Å². The Kier molecular flexibility index (Phi) is 7.40. The van der Waals surface area contributed by atoms with Gasteiger partial charge in [-0.05, 0) is 12.5 Å². The van der Waals surface area contributed by atoms with Gasteiger partial charge in [0, 0.05) is 63.1 Å². The number of methoxy groups -OCH3 is 2. The number of ketones is 1. The maximum absolute atomic E-state index is 12.5. The van der Waals surface area contributed by atoms with Gasteiger partial charge in [-0.3, -0.25) is 19.1 Å². The second-order valence-electron chi connectivity index (χ2n) is 9.45. The first-order valence-electron chi connectivity index (χ1n) is 12.4. The summed E-state index contributed by atoms with van der Waals surface area (Å²) in [6.07, 6.45) is 2.23. The topological polar surface area (TPSA) is 145 Å². The first-order chi connectivity index (χ1) is 17.9. The molecule has 12 nitrogen and oxygen atoms in total. The van der Waals surface area contributed by atoms with Gasteiger partial charge >= 0.3 is 0 Å². The van der Waals surface area contributed by atoms with E-state index in [-0.39, 0.29) is 17.3 Å². The van der Waals surface area contributed by atoms with Crippen LogP contribution in [0, 0.1) is 5.92 Å². The predicted octanol–water partition coefficient (Wildman–Crippen LogP) is -0.261. The molecular weight excluding hydrogens is 478 g/mol. The van der Waals surface area contributed by atoms with E-state index in [9.17, 15) is 14.7 Å². The van der Waals surface area contributed by atoms with Gasteiger partial charge in [-0.15, -0.1) is 0 Å². The number of likely N-dealkylation sites (tertiary alicyclic amines) is 1. The molecule has 3 aromatic rings. The average Bonchev–Trinajstić information content (AvgIpc) is 3.25. The van der Waals surface area contributed by atoms with Crippen molar-refractivity contribution in [3.05, 3.63) is 45.8 Å². The summed E-state index contributed by atoms with van der Waals surface area (Å²) < 4.78 is 12.2. The highest BCUT2D eigenvalue weighted by Crippen LogP contribution is 2.25. The van der Waals surface area contributed by atoms with Crippen molar-refractivity contribution in [1.82, 2.24) is 34.7 Å². The molecule has 37 heavy (non-hydrogen) atoms. The Hall–Kier alpha value is -3.48. The van der Waals surface area contributed by atoms with Crippen molar-refractivity contribution in [2.45, 2.75) is 38.5 Å². The van der Waals surface area contributed by atoms with Crippen molar-refractivity contribution in [2.75, 3.05) is 40.4 Å². The summed E-state index contributed by atoms with van der Waals surface area (Å²) in [6, 6.07) is 3.49. The number of hydrogen-bond donors (Lipinski definition) is 2. The minimum Gasteiger partial charge on any atom is -0.481 e. The lowest BCUT2D eigenvalue weighted by Crippen LogP contribution is -2.32. The van der Waals surface area contributed by atoms with Crippen LogP contribution < -0.4 is 20.3 Å². The fourth-order valence-corrected chi connectivity index (χ4v) is 5.03. The number of aliphatic hydroxyl groups excluding tert-OH is 1. The molecular formula is C25H31N7O5. The second kappa shape index (κ2) is 10.9. The molecule has 5 rings (SSSR count). The molecule has 1 saturated heterocycles. The molecule has 0 bridgehead atoms. The molecule has 0 amide bonds. The number of Topliss-reactive ketones (excluding diaryl/α,β-unsaturated/α-hetero) is 1. The number of hydrogen-bond acceptors (Lipinski definition) is 11. The Morgan fingerprint density at radius 2 is 1.95 bits per heavy atom. The molecule has 4 heterocycles. The molecule has 0 spiro atoms. The number of ether oxygens (including phenoxy) is 2. The lowest BCUT2D eigenvalue weighted by Gasteiger charge is -2.19. The number of pyridine rings is 1. The van der Waals surface area contributed by atoms with Crippen molar-refractivity contribution in [3.8, 4) is 11.8 Å². The van der Waals surface area contributed by atoms with E-state index in [1.54, 1.807) is 23.8 Å².